The van der Waals surface area contributed by atoms with Gasteiger partial charge >= 0.3 is 5.97 Å². The molecule has 2 aliphatic rings. The number of carboxylic acids is 1. The van der Waals surface area contributed by atoms with E-state index in [1.165, 1.54) is 18.2 Å². The van der Waals surface area contributed by atoms with Crippen molar-refractivity contribution in [2.45, 2.75) is 24.3 Å². The fraction of sp³-hybridized carbons (Fsp3) is 0.167. The lowest BCUT2D eigenvalue weighted by Gasteiger charge is -2.19. The van der Waals surface area contributed by atoms with Crippen molar-refractivity contribution in [2.24, 2.45) is 0 Å². The smallest absolute Gasteiger partial charge is 0.337 e. The number of hydrogen-bond donors (Lipinski definition) is 1. The van der Waals surface area contributed by atoms with E-state index in [1.54, 1.807) is 29.2 Å². The standard InChI is InChI=1S/C24H17ClFNO3/c25-20-10-5-14(11-17(20)22(28)29)13-27-21-4-2-1-3-18(21)24(23(27)30)12-19(24)15-6-8-16(26)9-7-15/h1-11,19H,12-13H2,(H,28,29)/t19-,24+/m1/s1. The van der Waals surface area contributed by atoms with Crippen LogP contribution in [0.15, 0.2) is 66.7 Å². The second-order valence-electron chi connectivity index (χ2n) is 7.81. The van der Waals surface area contributed by atoms with Crippen LogP contribution in [0.1, 0.15) is 39.4 Å². The van der Waals surface area contributed by atoms with Crippen molar-refractivity contribution in [3.63, 3.8) is 0 Å². The number of anilines is 1. The molecular weight excluding hydrogens is 405 g/mol. The van der Waals surface area contributed by atoms with E-state index in [0.29, 0.717) is 12.0 Å². The van der Waals surface area contributed by atoms with Crippen LogP contribution in [0, 0.1) is 5.82 Å². The van der Waals surface area contributed by atoms with Gasteiger partial charge in [-0.05, 0) is 53.4 Å². The number of para-hydroxylation sites is 1. The summed E-state index contributed by atoms with van der Waals surface area (Å²) in [5.74, 6) is -1.42. The molecule has 0 aromatic heterocycles. The highest BCUT2D eigenvalue weighted by atomic mass is 35.5. The van der Waals surface area contributed by atoms with Gasteiger partial charge in [0, 0.05) is 11.6 Å². The van der Waals surface area contributed by atoms with Gasteiger partial charge in [0.25, 0.3) is 0 Å². The predicted octanol–water partition coefficient (Wildman–Crippen LogP) is 5.15. The average molecular weight is 422 g/mol. The van der Waals surface area contributed by atoms with Crippen molar-refractivity contribution >= 4 is 29.2 Å². The fourth-order valence-corrected chi connectivity index (χ4v) is 4.82. The van der Waals surface area contributed by atoms with Crippen LogP contribution in [-0.4, -0.2) is 17.0 Å². The van der Waals surface area contributed by atoms with Crippen LogP contribution in [0.25, 0.3) is 0 Å². The zero-order chi connectivity index (χ0) is 21.0. The molecule has 150 valence electrons. The number of hydrogen-bond acceptors (Lipinski definition) is 2. The molecular formula is C24H17ClFNO3. The van der Waals surface area contributed by atoms with Crippen molar-refractivity contribution in [3.05, 3.63) is 99.8 Å². The highest BCUT2D eigenvalue weighted by Crippen LogP contribution is 2.66. The normalized spacial score (nSPS) is 21.7. The van der Waals surface area contributed by atoms with E-state index in [2.05, 4.69) is 0 Å². The van der Waals surface area contributed by atoms with Crippen LogP contribution in [0.3, 0.4) is 0 Å². The van der Waals surface area contributed by atoms with Gasteiger partial charge in [-0.15, -0.1) is 0 Å². The van der Waals surface area contributed by atoms with Crippen LogP contribution >= 0.6 is 11.6 Å². The summed E-state index contributed by atoms with van der Waals surface area (Å²) >= 11 is 5.98. The third-order valence-corrected chi connectivity index (χ3v) is 6.47. The molecule has 1 saturated carbocycles. The number of amides is 1. The minimum atomic E-state index is -1.11. The van der Waals surface area contributed by atoms with Gasteiger partial charge in [-0.25, -0.2) is 9.18 Å². The molecule has 4 nitrogen and oxygen atoms in total. The first-order valence-electron chi connectivity index (χ1n) is 9.60. The summed E-state index contributed by atoms with van der Waals surface area (Å²) in [5.41, 5.74) is 2.81. The molecule has 30 heavy (non-hydrogen) atoms. The van der Waals surface area contributed by atoms with E-state index in [4.69, 9.17) is 11.6 Å². The Labute approximate surface area is 177 Å². The van der Waals surface area contributed by atoms with E-state index >= 15 is 0 Å². The van der Waals surface area contributed by atoms with Crippen molar-refractivity contribution < 1.29 is 19.1 Å². The number of fused-ring (bicyclic) bond motifs is 2. The quantitative estimate of drug-likeness (QED) is 0.633. The summed E-state index contributed by atoms with van der Waals surface area (Å²) in [6.07, 6.45) is 0.673. The number of nitrogens with zero attached hydrogens (tertiary/aromatic N) is 1. The first-order chi connectivity index (χ1) is 14.4. The lowest BCUT2D eigenvalue weighted by atomic mass is 9.92. The molecule has 0 saturated heterocycles. The zero-order valence-corrected chi connectivity index (χ0v) is 16.6. The van der Waals surface area contributed by atoms with Gasteiger partial charge in [-0.3, -0.25) is 4.79 Å². The maximum absolute atomic E-state index is 13.6. The third kappa shape index (κ3) is 2.73. The number of carboxylic acid groups (broad SMARTS) is 1. The molecule has 5 rings (SSSR count). The largest absolute Gasteiger partial charge is 0.478 e. The first-order valence-corrected chi connectivity index (χ1v) is 9.98. The van der Waals surface area contributed by atoms with Crippen molar-refractivity contribution in [1.29, 1.82) is 0 Å². The summed E-state index contributed by atoms with van der Waals surface area (Å²) in [6, 6.07) is 18.8. The Morgan fingerprint density at radius 1 is 1.13 bits per heavy atom. The predicted molar refractivity (Wildman–Crippen MR) is 111 cm³/mol. The van der Waals surface area contributed by atoms with Gasteiger partial charge in [0.15, 0.2) is 0 Å². The highest BCUT2D eigenvalue weighted by Gasteiger charge is 2.67. The van der Waals surface area contributed by atoms with Gasteiger partial charge in [0.1, 0.15) is 5.82 Å². The van der Waals surface area contributed by atoms with Gasteiger partial charge in [-0.1, -0.05) is 48.0 Å². The summed E-state index contributed by atoms with van der Waals surface area (Å²) in [5, 5.41) is 9.50. The molecule has 1 fully saturated rings. The summed E-state index contributed by atoms with van der Waals surface area (Å²) in [4.78, 5) is 26.7. The Kier molecular flexibility index (Phi) is 4.19. The molecule has 6 heteroatoms. The van der Waals surface area contributed by atoms with E-state index < -0.39 is 11.4 Å². The molecule has 0 radical (unpaired) electrons. The maximum Gasteiger partial charge on any atom is 0.337 e. The lowest BCUT2D eigenvalue weighted by molar-refractivity contribution is -0.120. The Bertz CT molecular complexity index is 1190. The SMILES string of the molecule is O=C(O)c1cc(CN2C(=O)[C@@]3(C[C@@H]3c3ccc(F)cc3)c3ccccc32)ccc1Cl. The Hall–Kier alpha value is -3.18. The molecule has 0 unspecified atom stereocenters. The number of rotatable bonds is 4. The Morgan fingerprint density at radius 2 is 1.87 bits per heavy atom. The second-order valence-corrected chi connectivity index (χ2v) is 8.21. The van der Waals surface area contributed by atoms with Crippen LogP contribution in [0.4, 0.5) is 10.1 Å². The Morgan fingerprint density at radius 3 is 2.60 bits per heavy atom. The minimum absolute atomic E-state index is 0.00320. The van der Waals surface area contributed by atoms with Gasteiger partial charge in [0.2, 0.25) is 5.91 Å². The van der Waals surface area contributed by atoms with E-state index in [-0.39, 0.29) is 34.8 Å². The summed E-state index contributed by atoms with van der Waals surface area (Å²) < 4.78 is 13.4. The lowest BCUT2D eigenvalue weighted by Crippen LogP contribution is -2.32. The fourth-order valence-electron chi connectivity index (χ4n) is 4.62. The number of benzene rings is 3. The van der Waals surface area contributed by atoms with Crippen LogP contribution < -0.4 is 4.90 Å². The average Bonchev–Trinajstić information content (AvgIpc) is 3.45. The number of carbonyl (C=O) groups is 2. The van der Waals surface area contributed by atoms with Gasteiger partial charge in [-0.2, -0.15) is 0 Å². The van der Waals surface area contributed by atoms with Gasteiger partial charge < -0.3 is 10.0 Å². The molecule has 2 atom stereocenters. The monoisotopic (exact) mass is 421 g/mol. The summed E-state index contributed by atoms with van der Waals surface area (Å²) in [6.45, 7) is 0.255. The molecule has 1 N–H and O–H groups in total. The Balaban J connectivity index is 1.52. The zero-order valence-electron chi connectivity index (χ0n) is 15.8. The van der Waals surface area contributed by atoms with E-state index in [1.807, 2.05) is 24.3 Å². The molecule has 1 spiro atoms. The van der Waals surface area contributed by atoms with Crippen LogP contribution in [-0.2, 0) is 16.8 Å². The molecule has 3 aromatic rings. The topological polar surface area (TPSA) is 57.6 Å². The molecule has 0 bridgehead atoms. The first kappa shape index (κ1) is 18.8. The molecule has 1 aliphatic carbocycles. The number of halogens is 2. The number of carbonyl (C=O) groups excluding carboxylic acids is 1. The van der Waals surface area contributed by atoms with Crippen molar-refractivity contribution in [1.82, 2.24) is 0 Å². The molecule has 1 aliphatic heterocycles. The molecule has 1 amide bonds. The molecule has 1 heterocycles. The highest BCUT2D eigenvalue weighted by molar-refractivity contribution is 6.33. The van der Waals surface area contributed by atoms with Crippen LogP contribution in [0.2, 0.25) is 5.02 Å². The number of aromatic carboxylic acids is 1. The van der Waals surface area contributed by atoms with E-state index in [9.17, 15) is 19.1 Å². The summed E-state index contributed by atoms with van der Waals surface area (Å²) in [7, 11) is 0. The van der Waals surface area contributed by atoms with Crippen molar-refractivity contribution in [3.8, 4) is 0 Å². The minimum Gasteiger partial charge on any atom is -0.478 e. The van der Waals surface area contributed by atoms with Crippen molar-refractivity contribution in [2.75, 3.05) is 4.90 Å². The van der Waals surface area contributed by atoms with Gasteiger partial charge in [0.05, 0.1) is 22.5 Å². The maximum atomic E-state index is 13.6. The van der Waals surface area contributed by atoms with E-state index in [0.717, 1.165) is 16.8 Å². The molecule has 3 aromatic carbocycles. The second kappa shape index (κ2) is 6.67. The van der Waals surface area contributed by atoms with Crippen LogP contribution in [0.5, 0.6) is 0 Å². The third-order valence-electron chi connectivity index (χ3n) is 6.14.